The molecule has 0 bridgehead atoms. The van der Waals surface area contributed by atoms with E-state index in [4.69, 9.17) is 0 Å². The number of hydrogen-bond donors (Lipinski definition) is 1. The van der Waals surface area contributed by atoms with Gasteiger partial charge in [-0.1, -0.05) is 0 Å². The molecule has 0 rings (SSSR count). The van der Waals surface area contributed by atoms with Gasteiger partial charge >= 0.3 is 0 Å². The van der Waals surface area contributed by atoms with Gasteiger partial charge in [0.15, 0.2) is 0 Å². The van der Waals surface area contributed by atoms with E-state index in [2.05, 4.69) is 12.0 Å². The van der Waals surface area contributed by atoms with E-state index in [9.17, 15) is 0 Å². The zero-order chi connectivity index (χ0) is 6.41. The molecule has 0 amide bonds. The fraction of sp³-hybridized carbons (Fsp3) is 0.833. The number of hydrogen-bond acceptors (Lipinski definition) is 1. The fourth-order valence-corrected chi connectivity index (χ4v) is 0.526. The van der Waals surface area contributed by atoms with Crippen molar-refractivity contribution in [2.75, 3.05) is 27.2 Å². The Morgan fingerprint density at radius 2 is 2.25 bits per heavy atom. The standard InChI is InChI=1S/C6H15N2/c1-7-5-4-6-8(2)3/h7H,2,4-6H2,1,3H3/q+1. The third-order valence-electron chi connectivity index (χ3n) is 0.967. The maximum atomic E-state index is 3.72. The molecule has 8 heavy (non-hydrogen) atoms. The Morgan fingerprint density at radius 1 is 1.62 bits per heavy atom. The fourth-order valence-electron chi connectivity index (χ4n) is 0.526. The van der Waals surface area contributed by atoms with Gasteiger partial charge in [0.05, 0.1) is 0 Å². The van der Waals surface area contributed by atoms with Crippen molar-refractivity contribution in [2.45, 2.75) is 6.42 Å². The van der Waals surface area contributed by atoms with Gasteiger partial charge in [-0.2, -0.15) is 0 Å². The highest BCUT2D eigenvalue weighted by Gasteiger charge is 1.88. The summed E-state index contributed by atoms with van der Waals surface area (Å²) in [6, 6.07) is 0. The molecule has 0 unspecified atom stereocenters. The molecule has 48 valence electrons. The van der Waals surface area contributed by atoms with Gasteiger partial charge in [-0.05, 0) is 7.05 Å². The molecule has 0 aliphatic heterocycles. The van der Waals surface area contributed by atoms with Gasteiger partial charge in [-0.15, -0.1) is 0 Å². The molecule has 2 nitrogen and oxygen atoms in total. The number of rotatable bonds is 4. The largest absolute Gasteiger partial charge is 0.320 e. The van der Waals surface area contributed by atoms with Crippen LogP contribution >= 0.6 is 0 Å². The topological polar surface area (TPSA) is 15.0 Å². The Balaban J connectivity index is 2.82. The first-order chi connectivity index (χ1) is 3.77. The van der Waals surface area contributed by atoms with Crippen LogP contribution in [0.3, 0.4) is 0 Å². The van der Waals surface area contributed by atoms with Crippen LogP contribution in [0.5, 0.6) is 0 Å². The average molecular weight is 115 g/mol. The Hall–Kier alpha value is -0.370. The van der Waals surface area contributed by atoms with Crippen molar-refractivity contribution in [2.24, 2.45) is 0 Å². The van der Waals surface area contributed by atoms with Gasteiger partial charge in [0.25, 0.3) is 0 Å². The van der Waals surface area contributed by atoms with Crippen LogP contribution < -0.4 is 5.32 Å². The molecule has 0 aromatic carbocycles. The predicted octanol–water partition coefficient (Wildman–Crippen LogP) is -0.0612. The minimum Gasteiger partial charge on any atom is -0.320 e. The molecule has 0 aliphatic carbocycles. The third-order valence-corrected chi connectivity index (χ3v) is 0.967. The molecule has 1 N–H and O–H groups in total. The Kier molecular flexibility index (Phi) is 4.56. The van der Waals surface area contributed by atoms with Crippen LogP contribution in [0.4, 0.5) is 0 Å². The minimum absolute atomic E-state index is 1.07. The van der Waals surface area contributed by atoms with Crippen molar-refractivity contribution in [1.82, 2.24) is 5.32 Å². The second kappa shape index (κ2) is 4.78. The van der Waals surface area contributed by atoms with E-state index < -0.39 is 0 Å². The number of nitrogens with one attached hydrogen (secondary N) is 1. The molecule has 0 radical (unpaired) electrons. The van der Waals surface area contributed by atoms with Crippen molar-refractivity contribution in [3.8, 4) is 0 Å². The molecule has 0 spiro atoms. The van der Waals surface area contributed by atoms with Crippen molar-refractivity contribution in [1.29, 1.82) is 0 Å². The molecule has 0 saturated heterocycles. The SMILES string of the molecule is C=[N+](C)CCCNC. The van der Waals surface area contributed by atoms with Gasteiger partial charge in [-0.3, -0.25) is 0 Å². The zero-order valence-electron chi connectivity index (χ0n) is 5.78. The lowest BCUT2D eigenvalue weighted by molar-refractivity contribution is -0.488. The quantitative estimate of drug-likeness (QED) is 0.308. The Bertz CT molecular complexity index is 68.9. The normalized spacial score (nSPS) is 9.25. The lowest BCUT2D eigenvalue weighted by Gasteiger charge is -1.93. The van der Waals surface area contributed by atoms with Crippen molar-refractivity contribution in [3.05, 3.63) is 0 Å². The van der Waals surface area contributed by atoms with Crippen molar-refractivity contribution in [3.63, 3.8) is 0 Å². The summed E-state index contributed by atoms with van der Waals surface area (Å²) in [5.41, 5.74) is 0. The highest BCUT2D eigenvalue weighted by atomic mass is 14.9. The molecular formula is C6H15N2+. The summed E-state index contributed by atoms with van der Waals surface area (Å²) in [7, 11) is 3.94. The molecule has 0 aliphatic rings. The maximum absolute atomic E-state index is 3.72. The summed E-state index contributed by atoms with van der Waals surface area (Å²) in [6.45, 7) is 5.87. The minimum atomic E-state index is 1.07. The number of nitrogens with zero attached hydrogens (tertiary/aromatic N) is 1. The summed E-state index contributed by atoms with van der Waals surface area (Å²) >= 11 is 0. The summed E-state index contributed by atoms with van der Waals surface area (Å²) in [5, 5.41) is 3.07. The molecule has 0 heterocycles. The predicted molar refractivity (Wildman–Crippen MR) is 36.7 cm³/mol. The van der Waals surface area contributed by atoms with Crippen LogP contribution in [-0.4, -0.2) is 38.5 Å². The lowest BCUT2D eigenvalue weighted by atomic mass is 10.4. The molecule has 0 fully saturated rings. The van der Waals surface area contributed by atoms with E-state index in [-0.39, 0.29) is 0 Å². The average Bonchev–Trinajstić information content (AvgIpc) is 1.66. The van der Waals surface area contributed by atoms with Gasteiger partial charge in [0.1, 0.15) is 20.3 Å². The first kappa shape index (κ1) is 7.63. The molecule has 0 saturated carbocycles. The molecule has 2 heteroatoms. The van der Waals surface area contributed by atoms with Crippen LogP contribution in [0.15, 0.2) is 0 Å². The molecular weight excluding hydrogens is 100 g/mol. The highest BCUT2D eigenvalue weighted by molar-refractivity contribution is 5.13. The van der Waals surface area contributed by atoms with Gasteiger partial charge in [0.2, 0.25) is 0 Å². The molecule has 0 aromatic rings. The first-order valence-corrected chi connectivity index (χ1v) is 2.93. The van der Waals surface area contributed by atoms with E-state index in [1.807, 2.05) is 18.7 Å². The third kappa shape index (κ3) is 5.63. The second-order valence-corrected chi connectivity index (χ2v) is 2.04. The first-order valence-electron chi connectivity index (χ1n) is 2.93. The zero-order valence-corrected chi connectivity index (χ0v) is 5.78. The second-order valence-electron chi connectivity index (χ2n) is 2.04. The Labute approximate surface area is 51.2 Å². The van der Waals surface area contributed by atoms with E-state index in [1.165, 1.54) is 6.42 Å². The van der Waals surface area contributed by atoms with Crippen LogP contribution in [0.2, 0.25) is 0 Å². The maximum Gasteiger partial charge on any atom is 0.143 e. The van der Waals surface area contributed by atoms with Gasteiger partial charge in [0, 0.05) is 13.0 Å². The van der Waals surface area contributed by atoms with Crippen LogP contribution in [0.25, 0.3) is 0 Å². The van der Waals surface area contributed by atoms with Gasteiger partial charge in [-0.25, -0.2) is 4.58 Å². The molecule has 0 atom stereocenters. The van der Waals surface area contributed by atoms with Crippen LogP contribution in [0.1, 0.15) is 6.42 Å². The summed E-state index contributed by atoms with van der Waals surface area (Å²) < 4.78 is 1.94. The van der Waals surface area contributed by atoms with E-state index in [0.717, 1.165) is 13.1 Å². The monoisotopic (exact) mass is 115 g/mol. The summed E-state index contributed by atoms with van der Waals surface area (Å²) in [6.07, 6.45) is 1.18. The van der Waals surface area contributed by atoms with Crippen molar-refractivity contribution < 1.29 is 4.58 Å². The summed E-state index contributed by atoms with van der Waals surface area (Å²) in [5.74, 6) is 0. The van der Waals surface area contributed by atoms with Crippen molar-refractivity contribution >= 4 is 6.72 Å². The lowest BCUT2D eigenvalue weighted by Crippen LogP contribution is -2.13. The van der Waals surface area contributed by atoms with Gasteiger partial charge < -0.3 is 5.32 Å². The van der Waals surface area contributed by atoms with Crippen LogP contribution in [-0.2, 0) is 0 Å². The van der Waals surface area contributed by atoms with E-state index in [1.54, 1.807) is 0 Å². The summed E-state index contributed by atoms with van der Waals surface area (Å²) in [4.78, 5) is 0. The highest BCUT2D eigenvalue weighted by Crippen LogP contribution is 1.73. The Morgan fingerprint density at radius 3 is 2.62 bits per heavy atom. The van der Waals surface area contributed by atoms with E-state index >= 15 is 0 Å². The van der Waals surface area contributed by atoms with E-state index in [0.29, 0.717) is 0 Å². The molecule has 0 aromatic heterocycles. The van der Waals surface area contributed by atoms with Crippen LogP contribution in [0, 0.1) is 0 Å². The smallest absolute Gasteiger partial charge is 0.143 e.